The SMILES string of the molecule is N#CC1(NC(=O)c2cc(Cl)ccc2Cl)CCSCC1. The molecule has 6 heteroatoms. The van der Waals surface area contributed by atoms with Crippen molar-refractivity contribution in [3.05, 3.63) is 33.8 Å². The Morgan fingerprint density at radius 2 is 2.05 bits per heavy atom. The Kier molecular flexibility index (Phi) is 4.62. The Morgan fingerprint density at radius 1 is 1.37 bits per heavy atom. The summed E-state index contributed by atoms with van der Waals surface area (Å²) in [6.45, 7) is 0. The van der Waals surface area contributed by atoms with Gasteiger partial charge in [-0.15, -0.1) is 0 Å². The lowest BCUT2D eigenvalue weighted by Gasteiger charge is -2.31. The van der Waals surface area contributed by atoms with Crippen molar-refractivity contribution in [3.63, 3.8) is 0 Å². The van der Waals surface area contributed by atoms with Gasteiger partial charge in [-0.25, -0.2) is 0 Å². The lowest BCUT2D eigenvalue weighted by atomic mass is 9.93. The van der Waals surface area contributed by atoms with Gasteiger partial charge in [-0.3, -0.25) is 4.79 Å². The molecule has 1 aliphatic rings. The van der Waals surface area contributed by atoms with E-state index in [1.807, 2.05) is 0 Å². The van der Waals surface area contributed by atoms with E-state index in [1.54, 1.807) is 23.9 Å². The van der Waals surface area contributed by atoms with Crippen LogP contribution < -0.4 is 5.32 Å². The molecule has 1 heterocycles. The number of hydrogen-bond acceptors (Lipinski definition) is 3. The lowest BCUT2D eigenvalue weighted by Crippen LogP contribution is -2.49. The first kappa shape index (κ1) is 14.5. The van der Waals surface area contributed by atoms with Crippen molar-refractivity contribution >= 4 is 40.9 Å². The smallest absolute Gasteiger partial charge is 0.254 e. The van der Waals surface area contributed by atoms with E-state index >= 15 is 0 Å². The van der Waals surface area contributed by atoms with Gasteiger partial charge < -0.3 is 5.32 Å². The minimum atomic E-state index is -0.784. The Labute approximate surface area is 126 Å². The van der Waals surface area contributed by atoms with Gasteiger partial charge in [0.05, 0.1) is 16.7 Å². The largest absolute Gasteiger partial charge is 0.334 e. The van der Waals surface area contributed by atoms with Gasteiger partial charge in [0.15, 0.2) is 0 Å². The van der Waals surface area contributed by atoms with Gasteiger partial charge in [0, 0.05) is 5.02 Å². The first-order valence-electron chi connectivity index (χ1n) is 5.83. The third-order valence-electron chi connectivity index (χ3n) is 3.09. The Hall–Kier alpha value is -0.890. The quantitative estimate of drug-likeness (QED) is 0.908. The number of amides is 1. The number of thioether (sulfide) groups is 1. The van der Waals surface area contributed by atoms with Crippen LogP contribution >= 0.6 is 35.0 Å². The van der Waals surface area contributed by atoms with E-state index in [4.69, 9.17) is 23.2 Å². The second-order valence-corrected chi connectivity index (χ2v) is 6.45. The summed E-state index contributed by atoms with van der Waals surface area (Å²) in [4.78, 5) is 12.2. The zero-order valence-electron chi connectivity index (χ0n) is 10.1. The third-order valence-corrected chi connectivity index (χ3v) is 4.64. The van der Waals surface area contributed by atoms with E-state index in [0.29, 0.717) is 28.5 Å². The van der Waals surface area contributed by atoms with Gasteiger partial charge in [-0.05, 0) is 42.5 Å². The maximum absolute atomic E-state index is 12.2. The van der Waals surface area contributed by atoms with Gasteiger partial charge in [-0.1, -0.05) is 23.2 Å². The van der Waals surface area contributed by atoms with Crippen LogP contribution in [0.1, 0.15) is 23.2 Å². The van der Waals surface area contributed by atoms with Crippen LogP contribution in [-0.4, -0.2) is 23.0 Å². The van der Waals surface area contributed by atoms with E-state index in [9.17, 15) is 10.1 Å². The maximum Gasteiger partial charge on any atom is 0.254 e. The molecule has 1 saturated heterocycles. The number of hydrogen-bond donors (Lipinski definition) is 1. The number of halogens is 2. The molecule has 0 radical (unpaired) electrons. The van der Waals surface area contributed by atoms with Crippen molar-refractivity contribution in [1.29, 1.82) is 5.26 Å². The van der Waals surface area contributed by atoms with Crippen LogP contribution in [0, 0.1) is 11.3 Å². The Balaban J connectivity index is 2.20. The predicted octanol–water partition coefficient (Wildman–Crippen LogP) is 3.51. The molecule has 1 fully saturated rings. The van der Waals surface area contributed by atoms with Gasteiger partial charge in [0.2, 0.25) is 0 Å². The van der Waals surface area contributed by atoms with Gasteiger partial charge in [0.1, 0.15) is 5.54 Å². The molecule has 0 aliphatic carbocycles. The van der Waals surface area contributed by atoms with Gasteiger partial charge in [0.25, 0.3) is 5.91 Å². The highest BCUT2D eigenvalue weighted by molar-refractivity contribution is 7.99. The van der Waals surface area contributed by atoms with Crippen molar-refractivity contribution in [2.24, 2.45) is 0 Å². The molecule has 19 heavy (non-hydrogen) atoms. The third kappa shape index (κ3) is 3.36. The van der Waals surface area contributed by atoms with Crippen molar-refractivity contribution in [3.8, 4) is 6.07 Å². The van der Waals surface area contributed by atoms with Crippen LogP contribution in [0.25, 0.3) is 0 Å². The number of nitrogens with zero attached hydrogens (tertiary/aromatic N) is 1. The number of nitrogens with one attached hydrogen (secondary N) is 1. The molecule has 100 valence electrons. The molecule has 0 unspecified atom stereocenters. The summed E-state index contributed by atoms with van der Waals surface area (Å²) in [5, 5.41) is 12.9. The van der Waals surface area contributed by atoms with Crippen LogP contribution in [0.2, 0.25) is 10.0 Å². The lowest BCUT2D eigenvalue weighted by molar-refractivity contribution is 0.0915. The normalized spacial score (nSPS) is 17.5. The molecule has 0 atom stereocenters. The molecule has 1 amide bonds. The van der Waals surface area contributed by atoms with Crippen LogP contribution in [-0.2, 0) is 0 Å². The standard InChI is InChI=1S/C13H12Cl2N2OS/c14-9-1-2-11(15)10(7-9)12(18)17-13(8-16)3-5-19-6-4-13/h1-2,7H,3-6H2,(H,17,18). The molecule has 1 aliphatic heterocycles. The minimum absolute atomic E-state index is 0.307. The van der Waals surface area contributed by atoms with Crippen molar-refractivity contribution in [2.45, 2.75) is 18.4 Å². The second-order valence-electron chi connectivity index (χ2n) is 4.38. The topological polar surface area (TPSA) is 52.9 Å². The fraction of sp³-hybridized carbons (Fsp3) is 0.385. The van der Waals surface area contributed by atoms with E-state index < -0.39 is 5.54 Å². The zero-order valence-corrected chi connectivity index (χ0v) is 12.4. The number of benzene rings is 1. The summed E-state index contributed by atoms with van der Waals surface area (Å²) in [5.74, 6) is 1.40. The second kappa shape index (κ2) is 6.04. The minimum Gasteiger partial charge on any atom is -0.334 e. The average molecular weight is 315 g/mol. The molecule has 0 aromatic heterocycles. The fourth-order valence-corrected chi connectivity index (χ4v) is 3.51. The van der Waals surface area contributed by atoms with Crippen molar-refractivity contribution < 1.29 is 4.79 Å². The fourth-order valence-electron chi connectivity index (χ4n) is 1.94. The van der Waals surface area contributed by atoms with Crippen LogP contribution in [0.4, 0.5) is 0 Å². The highest BCUT2D eigenvalue weighted by Crippen LogP contribution is 2.28. The zero-order chi connectivity index (χ0) is 13.9. The molecule has 0 bridgehead atoms. The maximum atomic E-state index is 12.2. The van der Waals surface area contributed by atoms with E-state index in [2.05, 4.69) is 11.4 Å². The van der Waals surface area contributed by atoms with Gasteiger partial charge in [-0.2, -0.15) is 17.0 Å². The van der Waals surface area contributed by atoms with Gasteiger partial charge >= 0.3 is 0 Å². The number of rotatable bonds is 2. The van der Waals surface area contributed by atoms with E-state index in [0.717, 1.165) is 11.5 Å². The molecule has 1 aromatic rings. The Bertz CT molecular complexity index is 536. The molecule has 3 nitrogen and oxygen atoms in total. The first-order chi connectivity index (χ1) is 9.06. The molecule has 0 spiro atoms. The highest BCUT2D eigenvalue weighted by Gasteiger charge is 2.34. The molecule has 0 saturated carbocycles. The number of carbonyl (C=O) groups is 1. The number of nitriles is 1. The van der Waals surface area contributed by atoms with Crippen molar-refractivity contribution in [2.75, 3.05) is 11.5 Å². The first-order valence-corrected chi connectivity index (χ1v) is 7.74. The molecule has 2 rings (SSSR count). The summed E-state index contributed by atoms with van der Waals surface area (Å²) >= 11 is 13.6. The van der Waals surface area contributed by atoms with Crippen LogP contribution in [0.5, 0.6) is 0 Å². The molecular formula is C13H12Cl2N2OS. The monoisotopic (exact) mass is 314 g/mol. The summed E-state index contributed by atoms with van der Waals surface area (Å²) < 4.78 is 0. The average Bonchev–Trinajstić information content (AvgIpc) is 2.42. The molecule has 1 N–H and O–H groups in total. The van der Waals surface area contributed by atoms with Crippen LogP contribution in [0.3, 0.4) is 0 Å². The summed E-state index contributed by atoms with van der Waals surface area (Å²) in [7, 11) is 0. The Morgan fingerprint density at radius 3 is 2.68 bits per heavy atom. The summed E-state index contributed by atoms with van der Waals surface area (Å²) in [5.41, 5.74) is -0.476. The summed E-state index contributed by atoms with van der Waals surface area (Å²) in [6.07, 6.45) is 1.30. The molecular weight excluding hydrogens is 303 g/mol. The van der Waals surface area contributed by atoms with Crippen molar-refractivity contribution in [1.82, 2.24) is 5.32 Å². The highest BCUT2D eigenvalue weighted by atomic mass is 35.5. The number of carbonyl (C=O) groups excluding carboxylic acids is 1. The predicted molar refractivity (Wildman–Crippen MR) is 78.8 cm³/mol. The van der Waals surface area contributed by atoms with E-state index in [1.165, 1.54) is 6.07 Å². The van der Waals surface area contributed by atoms with E-state index in [-0.39, 0.29) is 5.91 Å². The summed E-state index contributed by atoms with van der Waals surface area (Å²) in [6, 6.07) is 6.95. The molecule has 1 aromatic carbocycles. The van der Waals surface area contributed by atoms with Crippen LogP contribution in [0.15, 0.2) is 18.2 Å².